The molecule has 1 spiro atoms. The lowest BCUT2D eigenvalue weighted by atomic mass is 9.76. The zero-order valence-electron chi connectivity index (χ0n) is 15.5. The third-order valence-corrected chi connectivity index (χ3v) is 6.78. The van der Waals surface area contributed by atoms with E-state index in [0.29, 0.717) is 30.8 Å². The van der Waals surface area contributed by atoms with Gasteiger partial charge in [-0.15, -0.1) is 11.3 Å². The van der Waals surface area contributed by atoms with Gasteiger partial charge in [-0.05, 0) is 37.3 Å². The van der Waals surface area contributed by atoms with Gasteiger partial charge in [0.2, 0.25) is 5.91 Å². The first kappa shape index (κ1) is 18.9. The van der Waals surface area contributed by atoms with Gasteiger partial charge in [0.15, 0.2) is 0 Å². The van der Waals surface area contributed by atoms with Crippen LogP contribution in [0.5, 0.6) is 0 Å². The highest BCUT2D eigenvalue weighted by Crippen LogP contribution is 2.38. The Morgan fingerprint density at radius 2 is 2.04 bits per heavy atom. The Morgan fingerprint density at radius 1 is 1.32 bits per heavy atom. The van der Waals surface area contributed by atoms with Crippen molar-refractivity contribution in [3.63, 3.8) is 0 Å². The van der Waals surface area contributed by atoms with Crippen LogP contribution in [0.4, 0.5) is 0 Å². The van der Waals surface area contributed by atoms with Crippen molar-refractivity contribution in [3.05, 3.63) is 35.2 Å². The molecule has 2 aliphatic heterocycles. The number of carbonyl (C=O) groups is 3. The van der Waals surface area contributed by atoms with E-state index in [1.807, 2.05) is 30.3 Å². The van der Waals surface area contributed by atoms with Gasteiger partial charge in [0, 0.05) is 17.8 Å². The standard InChI is InChI=1S/C20H22N2O5S/c1-2-27-19(26)15-16(23)17(24)21-20(15)7-9-22(10-8-20)18(25)14-11-12-5-3-4-6-13(12)28-14/h3-6,11,15-16,23H,2,7-10H2,1H3,(H,21,24)/t15-,16-/m1/s1. The number of esters is 1. The second kappa shape index (κ2) is 7.18. The number of likely N-dealkylation sites (tertiary alicyclic amines) is 1. The van der Waals surface area contributed by atoms with E-state index in [0.717, 1.165) is 10.1 Å². The van der Waals surface area contributed by atoms with E-state index in [9.17, 15) is 19.5 Å². The maximum Gasteiger partial charge on any atom is 0.314 e. The lowest BCUT2D eigenvalue weighted by Gasteiger charge is -2.41. The summed E-state index contributed by atoms with van der Waals surface area (Å²) in [4.78, 5) is 39.8. The lowest BCUT2D eigenvalue weighted by Crippen LogP contribution is -2.57. The Kier molecular flexibility index (Phi) is 4.84. The SMILES string of the molecule is CCOC(=O)[C@H]1[C@@H](O)C(=O)NC12CCN(C(=O)c1cc3ccccc3s1)CC2. The normalized spacial score (nSPS) is 23.8. The van der Waals surface area contributed by atoms with Gasteiger partial charge in [-0.3, -0.25) is 14.4 Å². The Morgan fingerprint density at radius 3 is 2.71 bits per heavy atom. The number of hydrogen-bond acceptors (Lipinski definition) is 6. The molecule has 8 heteroatoms. The van der Waals surface area contributed by atoms with Gasteiger partial charge >= 0.3 is 5.97 Å². The van der Waals surface area contributed by atoms with Crippen LogP contribution in [0.2, 0.25) is 0 Å². The van der Waals surface area contributed by atoms with Gasteiger partial charge in [0.1, 0.15) is 12.0 Å². The fraction of sp³-hybridized carbons (Fsp3) is 0.450. The van der Waals surface area contributed by atoms with E-state index >= 15 is 0 Å². The molecule has 2 aromatic rings. The number of thiophene rings is 1. The predicted molar refractivity (Wildman–Crippen MR) is 104 cm³/mol. The van der Waals surface area contributed by atoms with Crippen molar-refractivity contribution < 1.29 is 24.2 Å². The fourth-order valence-electron chi connectivity index (χ4n) is 4.23. The molecule has 4 rings (SSSR count). The number of fused-ring (bicyclic) bond motifs is 1. The number of nitrogens with one attached hydrogen (secondary N) is 1. The van der Waals surface area contributed by atoms with Crippen LogP contribution in [0.1, 0.15) is 29.4 Å². The molecular weight excluding hydrogens is 380 g/mol. The number of benzene rings is 1. The summed E-state index contributed by atoms with van der Waals surface area (Å²) in [5.74, 6) is -2.12. The molecule has 2 atom stereocenters. The summed E-state index contributed by atoms with van der Waals surface area (Å²) in [7, 11) is 0. The molecule has 0 radical (unpaired) electrons. The second-order valence-electron chi connectivity index (χ2n) is 7.26. The third-order valence-electron chi connectivity index (χ3n) is 5.67. The Balaban J connectivity index is 1.50. The number of ether oxygens (including phenoxy) is 1. The van der Waals surface area contributed by atoms with E-state index in [1.165, 1.54) is 11.3 Å². The van der Waals surface area contributed by atoms with Crippen molar-refractivity contribution in [2.75, 3.05) is 19.7 Å². The van der Waals surface area contributed by atoms with Crippen LogP contribution in [0.3, 0.4) is 0 Å². The van der Waals surface area contributed by atoms with Gasteiger partial charge in [-0.25, -0.2) is 0 Å². The minimum Gasteiger partial charge on any atom is -0.466 e. The number of aliphatic hydroxyl groups excluding tert-OH is 1. The van der Waals surface area contributed by atoms with Crippen LogP contribution in [0.25, 0.3) is 10.1 Å². The van der Waals surface area contributed by atoms with Crippen LogP contribution in [-0.2, 0) is 14.3 Å². The third kappa shape index (κ3) is 3.06. The zero-order chi connectivity index (χ0) is 19.9. The summed E-state index contributed by atoms with van der Waals surface area (Å²) in [5.41, 5.74) is -0.861. The smallest absolute Gasteiger partial charge is 0.314 e. The largest absolute Gasteiger partial charge is 0.466 e. The molecule has 2 fully saturated rings. The maximum absolute atomic E-state index is 12.9. The van der Waals surface area contributed by atoms with Crippen LogP contribution in [0.15, 0.2) is 30.3 Å². The Hall–Kier alpha value is -2.45. The quantitative estimate of drug-likeness (QED) is 0.760. The number of carbonyl (C=O) groups excluding carboxylic acids is 3. The zero-order valence-corrected chi connectivity index (χ0v) is 16.3. The minimum absolute atomic E-state index is 0.0476. The van der Waals surface area contributed by atoms with Crippen molar-refractivity contribution in [2.24, 2.45) is 5.92 Å². The van der Waals surface area contributed by atoms with Gasteiger partial charge in [0.25, 0.3) is 5.91 Å². The van der Waals surface area contributed by atoms with Crippen molar-refractivity contribution >= 4 is 39.2 Å². The molecule has 2 N–H and O–H groups in total. The van der Waals surface area contributed by atoms with Crippen molar-refractivity contribution in [3.8, 4) is 0 Å². The fourth-order valence-corrected chi connectivity index (χ4v) is 5.26. The first-order valence-electron chi connectivity index (χ1n) is 9.40. The van der Waals surface area contributed by atoms with Gasteiger partial charge in [0.05, 0.1) is 17.0 Å². The van der Waals surface area contributed by atoms with Crippen molar-refractivity contribution in [2.45, 2.75) is 31.4 Å². The number of aliphatic hydroxyl groups is 1. The summed E-state index contributed by atoms with van der Waals surface area (Å²) < 4.78 is 6.14. The molecule has 2 aliphatic rings. The van der Waals surface area contributed by atoms with Crippen LogP contribution < -0.4 is 5.32 Å². The maximum atomic E-state index is 12.9. The summed E-state index contributed by atoms with van der Waals surface area (Å²) in [6.07, 6.45) is -0.616. The highest BCUT2D eigenvalue weighted by molar-refractivity contribution is 7.20. The highest BCUT2D eigenvalue weighted by atomic mass is 32.1. The first-order chi connectivity index (χ1) is 13.4. The number of piperidine rings is 1. The van der Waals surface area contributed by atoms with E-state index < -0.39 is 29.4 Å². The average Bonchev–Trinajstić information content (AvgIpc) is 3.21. The second-order valence-corrected chi connectivity index (χ2v) is 8.34. The molecule has 148 valence electrons. The summed E-state index contributed by atoms with van der Waals surface area (Å²) >= 11 is 1.46. The molecule has 0 saturated carbocycles. The Labute approximate surface area is 166 Å². The van der Waals surface area contributed by atoms with Gasteiger partial charge in [-0.2, -0.15) is 0 Å². The molecule has 7 nitrogen and oxygen atoms in total. The van der Waals surface area contributed by atoms with E-state index in [1.54, 1.807) is 11.8 Å². The molecular formula is C20H22N2O5S. The molecule has 2 amide bonds. The highest BCUT2D eigenvalue weighted by Gasteiger charge is 2.57. The Bertz CT molecular complexity index is 899. The number of nitrogens with zero attached hydrogens (tertiary/aromatic N) is 1. The van der Waals surface area contributed by atoms with Crippen molar-refractivity contribution in [1.29, 1.82) is 0 Å². The van der Waals surface area contributed by atoms with E-state index in [4.69, 9.17) is 4.74 Å². The van der Waals surface area contributed by atoms with Crippen LogP contribution in [0, 0.1) is 5.92 Å². The first-order valence-corrected chi connectivity index (χ1v) is 10.2. The predicted octanol–water partition coefficient (Wildman–Crippen LogP) is 1.55. The monoisotopic (exact) mass is 402 g/mol. The van der Waals surface area contributed by atoms with Crippen molar-refractivity contribution in [1.82, 2.24) is 10.2 Å². The molecule has 2 saturated heterocycles. The minimum atomic E-state index is -1.41. The molecule has 1 aromatic heterocycles. The molecule has 0 unspecified atom stereocenters. The molecule has 1 aromatic carbocycles. The lowest BCUT2D eigenvalue weighted by molar-refractivity contribution is -0.155. The topological polar surface area (TPSA) is 95.9 Å². The summed E-state index contributed by atoms with van der Waals surface area (Å²) in [6.45, 7) is 2.67. The molecule has 28 heavy (non-hydrogen) atoms. The number of hydrogen-bond donors (Lipinski definition) is 2. The van der Waals surface area contributed by atoms with Gasteiger partial charge in [-0.1, -0.05) is 18.2 Å². The van der Waals surface area contributed by atoms with Crippen LogP contribution in [-0.4, -0.2) is 59.1 Å². The van der Waals surface area contributed by atoms with E-state index in [-0.39, 0.29) is 12.5 Å². The van der Waals surface area contributed by atoms with Gasteiger partial charge < -0.3 is 20.1 Å². The van der Waals surface area contributed by atoms with Crippen LogP contribution >= 0.6 is 11.3 Å². The molecule has 0 bridgehead atoms. The number of rotatable bonds is 3. The molecule has 0 aliphatic carbocycles. The van der Waals surface area contributed by atoms with E-state index in [2.05, 4.69) is 5.32 Å². The molecule has 3 heterocycles. The summed E-state index contributed by atoms with van der Waals surface area (Å²) in [6, 6.07) is 9.75. The number of amides is 2. The summed E-state index contributed by atoms with van der Waals surface area (Å²) in [5, 5.41) is 14.1. The average molecular weight is 402 g/mol.